The molecule has 106 valence electrons. The van der Waals surface area contributed by atoms with Crippen LogP contribution in [0.2, 0.25) is 0 Å². The molecule has 0 aromatic carbocycles. The minimum Gasteiger partial charge on any atom is -0.390 e. The van der Waals surface area contributed by atoms with Crippen molar-refractivity contribution < 1.29 is 18.8 Å². The van der Waals surface area contributed by atoms with Crippen molar-refractivity contribution in [3.8, 4) is 0 Å². The van der Waals surface area contributed by atoms with Crippen molar-refractivity contribution in [2.24, 2.45) is 0 Å². The molecule has 0 saturated carbocycles. The molecule has 2 rings (SSSR count). The van der Waals surface area contributed by atoms with Crippen molar-refractivity contribution in [2.75, 3.05) is 13.3 Å². The average Bonchev–Trinajstić information content (AvgIpc) is 2.87. The third-order valence-electron chi connectivity index (χ3n) is 2.91. The van der Waals surface area contributed by atoms with Gasteiger partial charge in [0, 0.05) is 6.61 Å². The van der Waals surface area contributed by atoms with Crippen molar-refractivity contribution >= 4 is 5.95 Å². The molecule has 1 saturated heterocycles. The first-order valence-corrected chi connectivity index (χ1v) is 6.19. The SMILES string of the molecule is O=[N+]([O-])c1nccn1CC(CF)OC1CCCCO1. The smallest absolute Gasteiger partial charge is 0.390 e. The van der Waals surface area contributed by atoms with E-state index in [1.807, 2.05) is 0 Å². The zero-order valence-electron chi connectivity index (χ0n) is 10.4. The first-order chi connectivity index (χ1) is 9.20. The second kappa shape index (κ2) is 6.58. The van der Waals surface area contributed by atoms with E-state index < -0.39 is 24.0 Å². The number of imidazole rings is 1. The minimum absolute atomic E-state index is 0.0483. The maximum atomic E-state index is 13.0. The van der Waals surface area contributed by atoms with Gasteiger partial charge in [0.05, 0.1) is 0 Å². The van der Waals surface area contributed by atoms with Crippen LogP contribution < -0.4 is 0 Å². The zero-order chi connectivity index (χ0) is 13.7. The highest BCUT2D eigenvalue weighted by atomic mass is 19.1. The Kier molecular flexibility index (Phi) is 4.80. The third kappa shape index (κ3) is 3.71. The van der Waals surface area contributed by atoms with E-state index in [1.165, 1.54) is 17.0 Å². The van der Waals surface area contributed by atoms with Crippen LogP contribution in [0, 0.1) is 10.1 Å². The van der Waals surface area contributed by atoms with Crippen LogP contribution in [-0.2, 0) is 16.0 Å². The van der Waals surface area contributed by atoms with Gasteiger partial charge in [0.15, 0.2) is 6.29 Å². The maximum absolute atomic E-state index is 13.0. The molecule has 2 unspecified atom stereocenters. The number of nitro groups is 1. The van der Waals surface area contributed by atoms with E-state index in [2.05, 4.69) is 4.98 Å². The van der Waals surface area contributed by atoms with Gasteiger partial charge in [-0.25, -0.2) is 8.96 Å². The first-order valence-electron chi connectivity index (χ1n) is 6.19. The van der Waals surface area contributed by atoms with Crippen LogP contribution in [0.5, 0.6) is 0 Å². The number of hydrogen-bond donors (Lipinski definition) is 0. The van der Waals surface area contributed by atoms with Crippen LogP contribution in [0.1, 0.15) is 19.3 Å². The molecule has 1 aromatic heterocycles. The van der Waals surface area contributed by atoms with Gasteiger partial charge in [-0.1, -0.05) is 4.98 Å². The molecule has 0 N–H and O–H groups in total. The molecule has 7 nitrogen and oxygen atoms in total. The van der Waals surface area contributed by atoms with Crippen molar-refractivity contribution in [3.63, 3.8) is 0 Å². The second-order valence-corrected chi connectivity index (χ2v) is 4.35. The molecule has 1 aliphatic rings. The van der Waals surface area contributed by atoms with Gasteiger partial charge >= 0.3 is 5.95 Å². The Labute approximate surface area is 109 Å². The van der Waals surface area contributed by atoms with Crippen LogP contribution in [0.15, 0.2) is 12.4 Å². The van der Waals surface area contributed by atoms with Crippen LogP contribution >= 0.6 is 0 Å². The Morgan fingerprint density at radius 2 is 2.53 bits per heavy atom. The Morgan fingerprint density at radius 1 is 1.68 bits per heavy atom. The van der Waals surface area contributed by atoms with Crippen molar-refractivity contribution in [3.05, 3.63) is 22.5 Å². The van der Waals surface area contributed by atoms with E-state index in [4.69, 9.17) is 9.47 Å². The first kappa shape index (κ1) is 13.9. The number of halogens is 1. The maximum Gasteiger partial charge on any atom is 0.434 e. The Hall–Kier alpha value is -1.54. The van der Waals surface area contributed by atoms with Gasteiger partial charge in [0.2, 0.25) is 0 Å². The summed E-state index contributed by atoms with van der Waals surface area (Å²) < 4.78 is 25.1. The fourth-order valence-electron chi connectivity index (χ4n) is 2.00. The summed E-state index contributed by atoms with van der Waals surface area (Å²) in [5.41, 5.74) is 0. The minimum atomic E-state index is -0.768. The number of alkyl halides is 1. The lowest BCUT2D eigenvalue weighted by atomic mass is 10.2. The number of nitrogens with zero attached hydrogens (tertiary/aromatic N) is 3. The molecular formula is C11H16FN3O4. The predicted octanol–water partition coefficient (Wildman–Crippen LogP) is 1.67. The summed E-state index contributed by atoms with van der Waals surface area (Å²) in [5, 5.41) is 10.7. The van der Waals surface area contributed by atoms with Gasteiger partial charge in [-0.15, -0.1) is 0 Å². The van der Waals surface area contributed by atoms with E-state index >= 15 is 0 Å². The standard InChI is InChI=1S/C11H16FN3O4/c12-7-9(19-10-3-1-2-6-18-10)8-14-5-4-13-11(14)15(16)17/h4-5,9-10H,1-3,6-8H2. The molecule has 2 heterocycles. The molecule has 1 aliphatic heterocycles. The molecule has 0 bridgehead atoms. The van der Waals surface area contributed by atoms with Gasteiger partial charge in [0.1, 0.15) is 31.7 Å². The summed E-state index contributed by atoms with van der Waals surface area (Å²) in [7, 11) is 0. The summed E-state index contributed by atoms with van der Waals surface area (Å²) in [6.07, 6.45) is 4.24. The van der Waals surface area contributed by atoms with E-state index in [1.54, 1.807) is 0 Å². The molecule has 19 heavy (non-hydrogen) atoms. The second-order valence-electron chi connectivity index (χ2n) is 4.35. The summed E-state index contributed by atoms with van der Waals surface area (Å²) in [4.78, 5) is 13.7. The lowest BCUT2D eigenvalue weighted by molar-refractivity contribution is -0.397. The van der Waals surface area contributed by atoms with Gasteiger partial charge < -0.3 is 19.6 Å². The number of hydrogen-bond acceptors (Lipinski definition) is 5. The summed E-state index contributed by atoms with van der Waals surface area (Å²) in [5.74, 6) is -0.313. The Morgan fingerprint density at radius 3 is 3.16 bits per heavy atom. The van der Waals surface area contributed by atoms with Crippen LogP contribution in [0.4, 0.5) is 10.3 Å². The highest BCUT2D eigenvalue weighted by Crippen LogP contribution is 2.17. The Bertz CT molecular complexity index is 420. The zero-order valence-corrected chi connectivity index (χ0v) is 10.4. The van der Waals surface area contributed by atoms with Gasteiger partial charge in [-0.3, -0.25) is 0 Å². The molecular weight excluding hydrogens is 257 g/mol. The number of rotatable bonds is 6. The highest BCUT2D eigenvalue weighted by Gasteiger charge is 2.24. The Balaban J connectivity index is 1.94. The molecule has 2 atom stereocenters. The van der Waals surface area contributed by atoms with Crippen LogP contribution in [0.3, 0.4) is 0 Å². The van der Waals surface area contributed by atoms with E-state index in [0.29, 0.717) is 6.61 Å². The summed E-state index contributed by atoms with van der Waals surface area (Å²) in [6, 6.07) is 0. The summed E-state index contributed by atoms with van der Waals surface area (Å²) >= 11 is 0. The molecule has 0 radical (unpaired) electrons. The van der Waals surface area contributed by atoms with E-state index in [-0.39, 0.29) is 12.5 Å². The molecule has 0 aliphatic carbocycles. The fourth-order valence-corrected chi connectivity index (χ4v) is 2.00. The van der Waals surface area contributed by atoms with Gasteiger partial charge in [0.25, 0.3) is 0 Å². The topological polar surface area (TPSA) is 79.4 Å². The monoisotopic (exact) mass is 273 g/mol. The normalized spacial score (nSPS) is 21.2. The van der Waals surface area contributed by atoms with Crippen molar-refractivity contribution in [1.29, 1.82) is 0 Å². The largest absolute Gasteiger partial charge is 0.434 e. The van der Waals surface area contributed by atoms with E-state index in [0.717, 1.165) is 19.3 Å². The van der Waals surface area contributed by atoms with Crippen molar-refractivity contribution in [1.82, 2.24) is 9.55 Å². The molecule has 1 aromatic rings. The molecule has 0 amide bonds. The number of ether oxygens (including phenoxy) is 2. The van der Waals surface area contributed by atoms with Crippen LogP contribution in [0.25, 0.3) is 0 Å². The predicted molar refractivity (Wildman–Crippen MR) is 63.3 cm³/mol. The average molecular weight is 273 g/mol. The lowest BCUT2D eigenvalue weighted by Crippen LogP contribution is -2.32. The van der Waals surface area contributed by atoms with E-state index in [9.17, 15) is 14.5 Å². The van der Waals surface area contributed by atoms with Gasteiger partial charge in [-0.2, -0.15) is 0 Å². The lowest BCUT2D eigenvalue weighted by Gasteiger charge is -2.26. The van der Waals surface area contributed by atoms with Crippen molar-refractivity contribution in [2.45, 2.75) is 38.2 Å². The summed E-state index contributed by atoms with van der Waals surface area (Å²) in [6.45, 7) is -0.0727. The quantitative estimate of drug-likeness (QED) is 0.582. The molecule has 1 fully saturated rings. The number of aromatic nitrogens is 2. The molecule has 8 heteroatoms. The third-order valence-corrected chi connectivity index (χ3v) is 2.91. The van der Waals surface area contributed by atoms with Crippen LogP contribution in [-0.4, -0.2) is 40.1 Å². The van der Waals surface area contributed by atoms with Gasteiger partial charge in [-0.05, 0) is 24.2 Å². The fraction of sp³-hybridized carbons (Fsp3) is 0.727. The molecule has 0 spiro atoms. The highest BCUT2D eigenvalue weighted by molar-refractivity contribution is 5.06.